The van der Waals surface area contributed by atoms with Crippen LogP contribution in [0.2, 0.25) is 0 Å². The van der Waals surface area contributed by atoms with Crippen molar-refractivity contribution in [1.82, 2.24) is 15.4 Å². The number of carbonyl (C=O) groups is 3. The van der Waals surface area contributed by atoms with Crippen molar-refractivity contribution in [3.05, 3.63) is 71.0 Å². The van der Waals surface area contributed by atoms with Crippen molar-refractivity contribution in [3.8, 4) is 0 Å². The molecule has 0 radical (unpaired) electrons. The minimum atomic E-state index is -3.83. The molecule has 7 N–H and O–H groups in total. The second kappa shape index (κ2) is 12.5. The number of rotatable bonds is 10. The third-order valence-electron chi connectivity index (χ3n) is 6.16. The van der Waals surface area contributed by atoms with E-state index in [4.69, 9.17) is 11.1 Å². The fraction of sp³-hybridized carbons (Fsp3) is 0.360. The fourth-order valence-corrected chi connectivity index (χ4v) is 5.77. The SMILES string of the molecule is N=C(N)C1=CCC=C(NC(=O)c2ccc(C(=O)NCC(NS(=O)(=O)C3CCCCC3)C(=O)O)cc2)C=C1. The van der Waals surface area contributed by atoms with Gasteiger partial charge >= 0.3 is 5.97 Å². The van der Waals surface area contributed by atoms with E-state index in [1.165, 1.54) is 24.3 Å². The molecule has 37 heavy (non-hydrogen) atoms. The summed E-state index contributed by atoms with van der Waals surface area (Å²) in [6.07, 6.45) is 10.8. The number of carbonyl (C=O) groups excluding carboxylic acids is 2. The first-order chi connectivity index (χ1) is 17.6. The highest BCUT2D eigenvalue weighted by atomic mass is 32.2. The van der Waals surface area contributed by atoms with Gasteiger partial charge in [0, 0.05) is 28.9 Å². The highest BCUT2D eigenvalue weighted by Crippen LogP contribution is 2.23. The Morgan fingerprint density at radius 2 is 1.62 bits per heavy atom. The molecule has 0 aliphatic heterocycles. The van der Waals surface area contributed by atoms with Crippen molar-refractivity contribution in [2.45, 2.75) is 49.8 Å². The van der Waals surface area contributed by atoms with E-state index >= 15 is 0 Å². The summed E-state index contributed by atoms with van der Waals surface area (Å²) in [5.41, 5.74) is 7.05. The van der Waals surface area contributed by atoms with Gasteiger partial charge in [-0.1, -0.05) is 31.4 Å². The number of sulfonamides is 1. The molecule has 1 aromatic carbocycles. The Morgan fingerprint density at radius 3 is 2.22 bits per heavy atom. The quantitative estimate of drug-likeness (QED) is 0.196. The third-order valence-corrected chi connectivity index (χ3v) is 8.12. The molecule has 198 valence electrons. The smallest absolute Gasteiger partial charge is 0.323 e. The largest absolute Gasteiger partial charge is 0.480 e. The van der Waals surface area contributed by atoms with E-state index in [2.05, 4.69) is 15.4 Å². The zero-order valence-electron chi connectivity index (χ0n) is 20.2. The van der Waals surface area contributed by atoms with Crippen molar-refractivity contribution < 1.29 is 27.9 Å². The summed E-state index contributed by atoms with van der Waals surface area (Å²) in [4.78, 5) is 36.7. The summed E-state index contributed by atoms with van der Waals surface area (Å²) in [6, 6.07) is 4.23. The summed E-state index contributed by atoms with van der Waals surface area (Å²) >= 11 is 0. The summed E-state index contributed by atoms with van der Waals surface area (Å²) < 4.78 is 27.4. The minimum Gasteiger partial charge on any atom is -0.480 e. The molecule has 1 aromatic rings. The van der Waals surface area contributed by atoms with E-state index in [9.17, 15) is 27.9 Å². The molecule has 2 amide bonds. The van der Waals surface area contributed by atoms with Gasteiger partial charge in [0.15, 0.2) is 0 Å². The monoisotopic (exact) mass is 529 g/mol. The average Bonchev–Trinajstić information content (AvgIpc) is 3.12. The lowest BCUT2D eigenvalue weighted by Gasteiger charge is -2.24. The van der Waals surface area contributed by atoms with Gasteiger partial charge in [0.25, 0.3) is 11.8 Å². The van der Waals surface area contributed by atoms with Crippen molar-refractivity contribution in [2.24, 2.45) is 5.73 Å². The first-order valence-corrected chi connectivity index (χ1v) is 13.5. The maximum atomic E-state index is 12.6. The molecule has 3 rings (SSSR count). The lowest BCUT2D eigenvalue weighted by molar-refractivity contribution is -0.138. The number of hydrogen-bond acceptors (Lipinski definition) is 6. The topological polar surface area (TPSA) is 192 Å². The molecule has 0 spiro atoms. The van der Waals surface area contributed by atoms with Gasteiger partial charge in [-0.25, -0.2) is 8.42 Å². The molecule has 0 bridgehead atoms. The molecule has 1 saturated carbocycles. The highest BCUT2D eigenvalue weighted by Gasteiger charge is 2.32. The van der Waals surface area contributed by atoms with Gasteiger partial charge in [0.2, 0.25) is 10.0 Å². The number of carboxylic acid groups (broad SMARTS) is 1. The zero-order chi connectivity index (χ0) is 27.0. The van der Waals surface area contributed by atoms with Crippen LogP contribution < -0.4 is 21.1 Å². The Kier molecular flexibility index (Phi) is 9.36. The number of nitrogens with two attached hydrogens (primary N) is 1. The molecule has 1 atom stereocenters. The Bertz CT molecular complexity index is 1240. The van der Waals surface area contributed by atoms with Crippen LogP contribution in [0.15, 0.2) is 59.8 Å². The van der Waals surface area contributed by atoms with Crippen LogP contribution in [0, 0.1) is 5.41 Å². The number of allylic oxidation sites excluding steroid dienone is 3. The number of amides is 2. The Hall–Kier alpha value is -3.77. The predicted octanol–water partition coefficient (Wildman–Crippen LogP) is 1.56. The number of aliphatic carboxylic acids is 1. The molecule has 0 saturated heterocycles. The van der Waals surface area contributed by atoms with Crippen LogP contribution in [0.5, 0.6) is 0 Å². The van der Waals surface area contributed by atoms with Gasteiger partial charge in [-0.15, -0.1) is 0 Å². The van der Waals surface area contributed by atoms with Crippen molar-refractivity contribution in [3.63, 3.8) is 0 Å². The molecule has 1 fully saturated rings. The molecule has 2 aliphatic carbocycles. The second-order valence-corrected chi connectivity index (χ2v) is 10.8. The van der Waals surface area contributed by atoms with Crippen LogP contribution in [0.25, 0.3) is 0 Å². The number of carboxylic acids is 1. The van der Waals surface area contributed by atoms with Crippen molar-refractivity contribution >= 4 is 33.6 Å². The standard InChI is InChI=1S/C25H31N5O6S/c26-22(27)16-5-4-6-19(14-13-16)29-24(32)18-11-9-17(10-12-18)23(31)28-15-21(25(33)34)30-37(35,36)20-7-2-1-3-8-20/h5-6,9-14,20-21,30H,1-4,7-8,15H2,(H3,26,27)(H,28,31)(H,29,32)(H,33,34). The first kappa shape index (κ1) is 27.8. The van der Waals surface area contributed by atoms with Crippen LogP contribution in [0.4, 0.5) is 0 Å². The molecule has 0 heterocycles. The molecule has 2 aliphatic rings. The Labute approximate surface area is 215 Å². The lowest BCUT2D eigenvalue weighted by Crippen LogP contribution is -2.51. The first-order valence-electron chi connectivity index (χ1n) is 11.9. The van der Waals surface area contributed by atoms with Crippen molar-refractivity contribution in [2.75, 3.05) is 6.54 Å². The number of hydrogen-bond donors (Lipinski definition) is 6. The molecule has 1 unspecified atom stereocenters. The van der Waals surface area contributed by atoms with E-state index in [0.717, 1.165) is 19.3 Å². The second-order valence-electron chi connectivity index (χ2n) is 8.86. The summed E-state index contributed by atoms with van der Waals surface area (Å²) in [5.74, 6) is -2.47. The van der Waals surface area contributed by atoms with Crippen LogP contribution in [0.3, 0.4) is 0 Å². The maximum Gasteiger partial charge on any atom is 0.323 e. The summed E-state index contributed by atoms with van der Waals surface area (Å²) in [5, 5.41) is 21.5. The molecule has 12 heteroatoms. The van der Waals surface area contributed by atoms with E-state index in [0.29, 0.717) is 36.1 Å². The average molecular weight is 530 g/mol. The van der Waals surface area contributed by atoms with E-state index in [-0.39, 0.29) is 11.4 Å². The summed E-state index contributed by atoms with van der Waals surface area (Å²) in [6.45, 7) is -0.431. The normalized spacial score (nSPS) is 17.1. The van der Waals surface area contributed by atoms with E-state index in [1.54, 1.807) is 24.3 Å². The summed E-state index contributed by atoms with van der Waals surface area (Å²) in [7, 11) is -3.83. The van der Waals surface area contributed by atoms with E-state index in [1.807, 2.05) is 0 Å². The Balaban J connectivity index is 1.56. The third kappa shape index (κ3) is 7.86. The zero-order valence-corrected chi connectivity index (χ0v) is 21.0. The van der Waals surface area contributed by atoms with Gasteiger partial charge in [-0.3, -0.25) is 19.8 Å². The number of amidine groups is 1. The minimum absolute atomic E-state index is 0.0672. The Morgan fingerprint density at radius 1 is 1.00 bits per heavy atom. The van der Waals surface area contributed by atoms with Crippen LogP contribution in [-0.2, 0) is 14.8 Å². The maximum absolute atomic E-state index is 12.6. The van der Waals surface area contributed by atoms with Gasteiger partial charge in [-0.05, 0) is 55.7 Å². The van der Waals surface area contributed by atoms with Gasteiger partial charge in [0.05, 0.1) is 5.25 Å². The van der Waals surface area contributed by atoms with Crippen molar-refractivity contribution in [1.29, 1.82) is 5.41 Å². The van der Waals surface area contributed by atoms with Gasteiger partial charge < -0.3 is 21.5 Å². The number of benzene rings is 1. The predicted molar refractivity (Wildman–Crippen MR) is 138 cm³/mol. The van der Waals surface area contributed by atoms with Gasteiger partial charge in [-0.2, -0.15) is 4.72 Å². The molecule has 11 nitrogen and oxygen atoms in total. The highest BCUT2D eigenvalue weighted by molar-refractivity contribution is 7.90. The fourth-order valence-electron chi connectivity index (χ4n) is 4.04. The number of nitrogens with one attached hydrogen (secondary N) is 4. The van der Waals surface area contributed by atoms with Gasteiger partial charge in [0.1, 0.15) is 11.9 Å². The van der Waals surface area contributed by atoms with Crippen LogP contribution in [0.1, 0.15) is 59.2 Å². The molecule has 0 aromatic heterocycles. The molecular formula is C25H31N5O6S. The molecular weight excluding hydrogens is 498 g/mol. The van der Waals surface area contributed by atoms with Crippen LogP contribution >= 0.6 is 0 Å². The van der Waals surface area contributed by atoms with E-state index < -0.39 is 45.6 Å². The lowest BCUT2D eigenvalue weighted by atomic mass is 10.0. The van der Waals surface area contributed by atoms with Crippen LogP contribution in [-0.4, -0.2) is 55.0 Å².